The van der Waals surface area contributed by atoms with E-state index in [1.165, 1.54) is 0 Å². The first-order valence-corrected chi connectivity index (χ1v) is 8.48. The van der Waals surface area contributed by atoms with Crippen molar-refractivity contribution in [3.63, 3.8) is 0 Å². The van der Waals surface area contributed by atoms with Gasteiger partial charge < -0.3 is 10.6 Å². The van der Waals surface area contributed by atoms with Crippen molar-refractivity contribution in [2.24, 2.45) is 0 Å². The highest BCUT2D eigenvalue weighted by Crippen LogP contribution is 2.34. The molecule has 6 nitrogen and oxygen atoms in total. The Labute approximate surface area is 145 Å². The molecule has 1 aromatic rings. The topological polar surface area (TPSA) is 78.5 Å². The van der Waals surface area contributed by atoms with Crippen molar-refractivity contribution in [2.75, 3.05) is 6.54 Å². The van der Waals surface area contributed by atoms with Crippen LogP contribution < -0.4 is 10.6 Å². The molecule has 0 bridgehead atoms. The summed E-state index contributed by atoms with van der Waals surface area (Å²) in [4.78, 5) is 37.8. The molecule has 3 rings (SSSR count). The molecular formula is C17H20ClN3O3. The van der Waals surface area contributed by atoms with Crippen LogP contribution >= 0.6 is 11.6 Å². The Hall–Kier alpha value is -2.08. The van der Waals surface area contributed by atoms with Gasteiger partial charge >= 0.3 is 6.03 Å². The molecule has 0 aromatic heterocycles. The second-order valence-corrected chi connectivity index (χ2v) is 6.89. The highest BCUT2D eigenvalue weighted by molar-refractivity contribution is 6.30. The summed E-state index contributed by atoms with van der Waals surface area (Å²) in [6.45, 7) is 1.58. The predicted octanol–water partition coefficient (Wildman–Crippen LogP) is 2.38. The van der Waals surface area contributed by atoms with Gasteiger partial charge in [0.25, 0.3) is 5.91 Å². The minimum Gasteiger partial charge on any atom is -0.348 e. The van der Waals surface area contributed by atoms with E-state index in [0.717, 1.165) is 23.3 Å². The number of urea groups is 1. The van der Waals surface area contributed by atoms with Crippen LogP contribution in [-0.4, -0.2) is 34.8 Å². The molecule has 1 saturated carbocycles. The molecule has 1 heterocycles. The molecule has 0 radical (unpaired) electrons. The second-order valence-electron chi connectivity index (χ2n) is 6.45. The Morgan fingerprint density at radius 1 is 1.29 bits per heavy atom. The predicted molar refractivity (Wildman–Crippen MR) is 89.5 cm³/mol. The third kappa shape index (κ3) is 3.11. The van der Waals surface area contributed by atoms with Gasteiger partial charge in [-0.2, -0.15) is 0 Å². The lowest BCUT2D eigenvalue weighted by Gasteiger charge is -2.20. The number of nitrogens with one attached hydrogen (secondary N) is 2. The SMILES string of the molecule is C[C@H](NC(=O)CN1C(=O)NC2(CCCC2)C1=O)c1ccc(Cl)cc1. The molecule has 1 atom stereocenters. The Kier molecular flexibility index (Phi) is 4.49. The van der Waals surface area contributed by atoms with Crippen LogP contribution in [0.1, 0.15) is 44.2 Å². The molecule has 7 heteroatoms. The highest BCUT2D eigenvalue weighted by Gasteiger charge is 2.52. The van der Waals surface area contributed by atoms with E-state index in [0.29, 0.717) is 17.9 Å². The molecule has 128 valence electrons. The van der Waals surface area contributed by atoms with Crippen molar-refractivity contribution in [2.45, 2.75) is 44.2 Å². The molecule has 1 saturated heterocycles. The first kappa shape index (κ1) is 16.8. The van der Waals surface area contributed by atoms with Crippen molar-refractivity contribution >= 4 is 29.4 Å². The van der Waals surface area contributed by atoms with Crippen molar-refractivity contribution in [3.8, 4) is 0 Å². The van der Waals surface area contributed by atoms with Gasteiger partial charge in [-0.25, -0.2) is 4.79 Å². The fraction of sp³-hybridized carbons (Fsp3) is 0.471. The van der Waals surface area contributed by atoms with Crippen LogP contribution in [0.25, 0.3) is 0 Å². The van der Waals surface area contributed by atoms with Gasteiger partial charge in [-0.05, 0) is 37.5 Å². The van der Waals surface area contributed by atoms with Crippen LogP contribution in [0.3, 0.4) is 0 Å². The van der Waals surface area contributed by atoms with E-state index in [1.54, 1.807) is 12.1 Å². The van der Waals surface area contributed by atoms with Gasteiger partial charge in [0.2, 0.25) is 5.91 Å². The summed E-state index contributed by atoms with van der Waals surface area (Å²) in [5.41, 5.74) is 0.122. The first-order valence-electron chi connectivity index (χ1n) is 8.10. The number of rotatable bonds is 4. The van der Waals surface area contributed by atoms with Crippen molar-refractivity contribution in [3.05, 3.63) is 34.9 Å². The van der Waals surface area contributed by atoms with Crippen LogP contribution in [0.4, 0.5) is 4.79 Å². The summed E-state index contributed by atoms with van der Waals surface area (Å²) in [5, 5.41) is 6.20. The van der Waals surface area contributed by atoms with Crippen LogP contribution in [0.5, 0.6) is 0 Å². The van der Waals surface area contributed by atoms with E-state index < -0.39 is 11.6 Å². The molecule has 0 unspecified atom stereocenters. The lowest BCUT2D eigenvalue weighted by molar-refractivity contribution is -0.135. The molecule has 1 aliphatic carbocycles. The smallest absolute Gasteiger partial charge is 0.325 e. The lowest BCUT2D eigenvalue weighted by Crippen LogP contribution is -2.45. The normalized spacial score (nSPS) is 20.3. The van der Waals surface area contributed by atoms with Crippen molar-refractivity contribution < 1.29 is 14.4 Å². The van der Waals surface area contributed by atoms with Gasteiger partial charge in [-0.3, -0.25) is 14.5 Å². The zero-order chi connectivity index (χ0) is 17.3. The quantitative estimate of drug-likeness (QED) is 0.819. The molecule has 24 heavy (non-hydrogen) atoms. The number of nitrogens with zero attached hydrogens (tertiary/aromatic N) is 1. The van der Waals surface area contributed by atoms with Gasteiger partial charge in [-0.15, -0.1) is 0 Å². The van der Waals surface area contributed by atoms with E-state index in [-0.39, 0.29) is 24.4 Å². The number of amides is 4. The zero-order valence-electron chi connectivity index (χ0n) is 13.5. The van der Waals surface area contributed by atoms with Crippen LogP contribution in [-0.2, 0) is 9.59 Å². The fourth-order valence-corrected chi connectivity index (χ4v) is 3.53. The van der Waals surface area contributed by atoms with E-state index in [4.69, 9.17) is 11.6 Å². The zero-order valence-corrected chi connectivity index (χ0v) is 14.2. The third-order valence-corrected chi connectivity index (χ3v) is 5.00. The summed E-state index contributed by atoms with van der Waals surface area (Å²) in [6, 6.07) is 6.44. The molecule has 1 aliphatic heterocycles. The molecule has 1 aromatic carbocycles. The van der Waals surface area contributed by atoms with Gasteiger partial charge in [0, 0.05) is 5.02 Å². The van der Waals surface area contributed by atoms with E-state index in [1.807, 2.05) is 19.1 Å². The number of carbonyl (C=O) groups excluding carboxylic acids is 3. The minimum atomic E-state index is -0.779. The molecule has 2 aliphatic rings. The minimum absolute atomic E-state index is 0.240. The number of imide groups is 1. The number of hydrogen-bond acceptors (Lipinski definition) is 3. The van der Waals surface area contributed by atoms with Crippen LogP contribution in [0, 0.1) is 0 Å². The second kappa shape index (κ2) is 6.43. The van der Waals surface area contributed by atoms with Gasteiger partial charge in [0.15, 0.2) is 0 Å². The largest absolute Gasteiger partial charge is 0.348 e. The van der Waals surface area contributed by atoms with E-state index >= 15 is 0 Å². The Morgan fingerprint density at radius 3 is 2.54 bits per heavy atom. The van der Waals surface area contributed by atoms with Crippen molar-refractivity contribution in [1.29, 1.82) is 0 Å². The number of carbonyl (C=O) groups is 3. The van der Waals surface area contributed by atoms with Gasteiger partial charge in [0.05, 0.1) is 6.04 Å². The third-order valence-electron chi connectivity index (χ3n) is 4.75. The molecule has 1 spiro atoms. The summed E-state index contributed by atoms with van der Waals surface area (Å²) >= 11 is 5.85. The standard InChI is InChI=1S/C17H20ClN3O3/c1-11(12-4-6-13(18)7-5-12)19-14(22)10-21-15(23)17(20-16(21)24)8-2-3-9-17/h4-7,11H,2-3,8-10H2,1H3,(H,19,22)(H,20,24)/t11-/m0/s1. The molecule has 4 amide bonds. The maximum absolute atomic E-state index is 12.5. The van der Waals surface area contributed by atoms with E-state index in [9.17, 15) is 14.4 Å². The highest BCUT2D eigenvalue weighted by atomic mass is 35.5. The van der Waals surface area contributed by atoms with Gasteiger partial charge in [-0.1, -0.05) is 36.6 Å². The Bertz CT molecular complexity index is 668. The molecular weight excluding hydrogens is 330 g/mol. The van der Waals surface area contributed by atoms with Crippen molar-refractivity contribution in [1.82, 2.24) is 15.5 Å². The van der Waals surface area contributed by atoms with Crippen LogP contribution in [0.15, 0.2) is 24.3 Å². The number of halogens is 1. The Balaban J connectivity index is 1.61. The lowest BCUT2D eigenvalue weighted by atomic mass is 9.98. The monoisotopic (exact) mass is 349 g/mol. The van der Waals surface area contributed by atoms with Gasteiger partial charge in [0.1, 0.15) is 12.1 Å². The average Bonchev–Trinajstić information content (AvgIpc) is 3.09. The first-order chi connectivity index (χ1) is 11.4. The molecule has 2 N–H and O–H groups in total. The number of hydrogen-bond donors (Lipinski definition) is 2. The summed E-state index contributed by atoms with van der Waals surface area (Å²) in [5.74, 6) is -0.643. The summed E-state index contributed by atoms with van der Waals surface area (Å²) in [6.07, 6.45) is 3.13. The average molecular weight is 350 g/mol. The maximum Gasteiger partial charge on any atom is 0.325 e. The van der Waals surface area contributed by atoms with Crippen LogP contribution in [0.2, 0.25) is 5.02 Å². The summed E-state index contributed by atoms with van der Waals surface area (Å²) in [7, 11) is 0. The number of benzene rings is 1. The van der Waals surface area contributed by atoms with E-state index in [2.05, 4.69) is 10.6 Å². The summed E-state index contributed by atoms with van der Waals surface area (Å²) < 4.78 is 0. The maximum atomic E-state index is 12.5. The Morgan fingerprint density at radius 2 is 1.92 bits per heavy atom. The molecule has 2 fully saturated rings. The fourth-order valence-electron chi connectivity index (χ4n) is 3.40.